The Labute approximate surface area is 149 Å². The SMILES string of the molecule is CC(C)=C1N=C2NC(=O)C[C@@H](C(=O)Nc3ccc(C)c([N+](=O)[O-])c3)N2N1. The molecule has 0 unspecified atom stereocenters. The van der Waals surface area contributed by atoms with Crippen LogP contribution in [0.3, 0.4) is 0 Å². The molecule has 0 aliphatic carbocycles. The summed E-state index contributed by atoms with van der Waals surface area (Å²) in [5, 5.41) is 17.8. The van der Waals surface area contributed by atoms with E-state index in [1.807, 2.05) is 13.8 Å². The van der Waals surface area contributed by atoms with E-state index < -0.39 is 16.9 Å². The van der Waals surface area contributed by atoms with E-state index >= 15 is 0 Å². The van der Waals surface area contributed by atoms with Gasteiger partial charge in [0.25, 0.3) is 5.69 Å². The van der Waals surface area contributed by atoms with Crippen molar-refractivity contribution >= 4 is 29.1 Å². The molecule has 0 saturated carbocycles. The lowest BCUT2D eigenvalue weighted by Crippen LogP contribution is -2.61. The van der Waals surface area contributed by atoms with Gasteiger partial charge in [-0.15, -0.1) is 0 Å². The number of nitro groups is 1. The largest absolute Gasteiger partial charge is 0.324 e. The molecule has 0 radical (unpaired) electrons. The molecule has 1 saturated heterocycles. The third-order valence-corrected chi connectivity index (χ3v) is 4.06. The van der Waals surface area contributed by atoms with Gasteiger partial charge in [0.1, 0.15) is 11.9 Å². The standard InChI is InChI=1S/C16H18N6O4/c1-8(2)14-19-16-18-13(23)7-12(21(16)20-14)15(24)17-10-5-4-9(3)11(6-10)22(25)26/h4-6,12,20H,7H2,1-3H3,(H,17,24)(H,18,19,23)/t12-/m0/s1. The highest BCUT2D eigenvalue weighted by Gasteiger charge is 2.39. The number of nitrogens with zero attached hydrogens (tertiary/aromatic N) is 3. The first-order valence-corrected chi connectivity index (χ1v) is 7.94. The van der Waals surface area contributed by atoms with Gasteiger partial charge in [0.15, 0.2) is 0 Å². The number of aryl methyl sites for hydroxylation is 1. The van der Waals surface area contributed by atoms with Crippen molar-refractivity contribution in [2.24, 2.45) is 4.99 Å². The second kappa shape index (κ2) is 6.47. The van der Waals surface area contributed by atoms with E-state index in [0.29, 0.717) is 17.1 Å². The molecular weight excluding hydrogens is 340 g/mol. The minimum Gasteiger partial charge on any atom is -0.324 e. The number of benzene rings is 1. The first kappa shape index (κ1) is 17.4. The summed E-state index contributed by atoms with van der Waals surface area (Å²) in [5.41, 5.74) is 4.59. The number of guanidine groups is 1. The van der Waals surface area contributed by atoms with Gasteiger partial charge in [0.2, 0.25) is 17.8 Å². The number of rotatable bonds is 3. The second-order valence-corrected chi connectivity index (χ2v) is 6.28. The summed E-state index contributed by atoms with van der Waals surface area (Å²) < 4.78 is 0. The number of allylic oxidation sites excluding steroid dienone is 1. The van der Waals surface area contributed by atoms with Crippen molar-refractivity contribution in [1.82, 2.24) is 15.8 Å². The number of anilines is 1. The number of hydrogen-bond acceptors (Lipinski definition) is 7. The van der Waals surface area contributed by atoms with Gasteiger partial charge in [-0.2, -0.15) is 4.99 Å². The number of nitro benzene ring substituents is 1. The number of carbonyl (C=O) groups is 2. The average molecular weight is 358 g/mol. The Kier molecular flexibility index (Phi) is 4.33. The monoisotopic (exact) mass is 358 g/mol. The van der Waals surface area contributed by atoms with Crippen molar-refractivity contribution in [2.45, 2.75) is 33.2 Å². The van der Waals surface area contributed by atoms with Crippen molar-refractivity contribution in [1.29, 1.82) is 0 Å². The molecule has 3 rings (SSSR count). The predicted molar refractivity (Wildman–Crippen MR) is 93.8 cm³/mol. The van der Waals surface area contributed by atoms with Gasteiger partial charge in [0, 0.05) is 17.3 Å². The molecule has 10 heteroatoms. The molecular formula is C16H18N6O4. The first-order valence-electron chi connectivity index (χ1n) is 7.94. The smallest absolute Gasteiger partial charge is 0.274 e. The maximum Gasteiger partial charge on any atom is 0.274 e. The normalized spacial score (nSPS) is 18.5. The minimum atomic E-state index is -0.834. The fourth-order valence-electron chi connectivity index (χ4n) is 2.65. The van der Waals surface area contributed by atoms with Crippen LogP contribution in [-0.4, -0.2) is 33.7 Å². The maximum absolute atomic E-state index is 12.7. The van der Waals surface area contributed by atoms with Crippen molar-refractivity contribution in [3.8, 4) is 0 Å². The zero-order valence-corrected chi connectivity index (χ0v) is 14.5. The topological polar surface area (TPSA) is 129 Å². The number of aliphatic imine (C=N–C) groups is 1. The lowest BCUT2D eigenvalue weighted by molar-refractivity contribution is -0.385. The molecule has 2 aliphatic rings. The number of hydrazine groups is 1. The first-order chi connectivity index (χ1) is 12.3. The molecule has 3 N–H and O–H groups in total. The summed E-state index contributed by atoms with van der Waals surface area (Å²) in [7, 11) is 0. The van der Waals surface area contributed by atoms with E-state index in [1.54, 1.807) is 19.1 Å². The van der Waals surface area contributed by atoms with Crippen LogP contribution in [0.4, 0.5) is 11.4 Å². The average Bonchev–Trinajstić information content (AvgIpc) is 2.99. The molecule has 10 nitrogen and oxygen atoms in total. The van der Waals surface area contributed by atoms with Crippen LogP contribution in [0.15, 0.2) is 34.6 Å². The second-order valence-electron chi connectivity index (χ2n) is 6.28. The summed E-state index contributed by atoms with van der Waals surface area (Å²) in [6.45, 7) is 5.33. The van der Waals surface area contributed by atoms with Crippen LogP contribution < -0.4 is 16.1 Å². The van der Waals surface area contributed by atoms with E-state index in [1.165, 1.54) is 11.1 Å². The van der Waals surface area contributed by atoms with Gasteiger partial charge in [-0.3, -0.25) is 30.4 Å². The summed E-state index contributed by atoms with van der Waals surface area (Å²) in [5.74, 6) is 0.0264. The third kappa shape index (κ3) is 3.21. The number of hydrogen-bond donors (Lipinski definition) is 3. The summed E-state index contributed by atoms with van der Waals surface area (Å²) in [4.78, 5) is 39.4. The van der Waals surface area contributed by atoms with E-state index in [-0.39, 0.29) is 24.0 Å². The highest BCUT2D eigenvalue weighted by molar-refractivity contribution is 6.07. The molecule has 2 amide bonds. The van der Waals surface area contributed by atoms with Crippen molar-refractivity contribution in [2.75, 3.05) is 5.32 Å². The summed E-state index contributed by atoms with van der Waals surface area (Å²) in [6, 6.07) is 3.60. The van der Waals surface area contributed by atoms with Crippen molar-refractivity contribution in [3.63, 3.8) is 0 Å². The number of carbonyl (C=O) groups excluding carboxylic acids is 2. The van der Waals surface area contributed by atoms with Crippen LogP contribution in [0.5, 0.6) is 0 Å². The van der Waals surface area contributed by atoms with E-state index in [2.05, 4.69) is 21.1 Å². The third-order valence-electron chi connectivity index (χ3n) is 4.06. The Morgan fingerprint density at radius 3 is 2.81 bits per heavy atom. The van der Waals surface area contributed by atoms with E-state index in [0.717, 1.165) is 5.57 Å². The zero-order chi connectivity index (χ0) is 19.0. The van der Waals surface area contributed by atoms with Gasteiger partial charge >= 0.3 is 0 Å². The van der Waals surface area contributed by atoms with Crippen LogP contribution >= 0.6 is 0 Å². The number of amides is 2. The molecule has 26 heavy (non-hydrogen) atoms. The molecule has 0 spiro atoms. The maximum atomic E-state index is 12.7. The van der Waals surface area contributed by atoms with Crippen LogP contribution in [0, 0.1) is 17.0 Å². The van der Waals surface area contributed by atoms with Crippen molar-refractivity contribution < 1.29 is 14.5 Å². The Bertz CT molecular complexity index is 871. The molecule has 0 bridgehead atoms. The summed E-state index contributed by atoms with van der Waals surface area (Å²) in [6.07, 6.45) is -0.0676. The van der Waals surface area contributed by atoms with Gasteiger partial charge in [-0.1, -0.05) is 6.07 Å². The highest BCUT2D eigenvalue weighted by Crippen LogP contribution is 2.24. The van der Waals surface area contributed by atoms with Gasteiger partial charge < -0.3 is 5.32 Å². The molecule has 1 fully saturated rings. The molecule has 2 aliphatic heterocycles. The number of fused-ring (bicyclic) bond motifs is 1. The lowest BCUT2D eigenvalue weighted by atomic mass is 10.1. The fourth-order valence-corrected chi connectivity index (χ4v) is 2.65. The Balaban J connectivity index is 1.83. The molecule has 136 valence electrons. The Morgan fingerprint density at radius 1 is 1.42 bits per heavy atom. The molecule has 1 aromatic rings. The predicted octanol–water partition coefficient (Wildman–Crippen LogP) is 1.16. The quantitative estimate of drug-likeness (QED) is 0.549. The molecule has 1 atom stereocenters. The Hall–Kier alpha value is -3.43. The lowest BCUT2D eigenvalue weighted by Gasteiger charge is -2.32. The molecule has 1 aromatic carbocycles. The highest BCUT2D eigenvalue weighted by atomic mass is 16.6. The van der Waals surface area contributed by atoms with Crippen LogP contribution in [0.25, 0.3) is 0 Å². The zero-order valence-electron chi connectivity index (χ0n) is 14.5. The van der Waals surface area contributed by atoms with Crippen molar-refractivity contribution in [3.05, 3.63) is 45.3 Å². The van der Waals surface area contributed by atoms with Gasteiger partial charge in [-0.05, 0) is 32.4 Å². The van der Waals surface area contributed by atoms with Crippen LogP contribution in [0.1, 0.15) is 25.8 Å². The fraction of sp³-hybridized carbons (Fsp3) is 0.312. The van der Waals surface area contributed by atoms with Crippen LogP contribution in [0.2, 0.25) is 0 Å². The minimum absolute atomic E-state index is 0.0676. The summed E-state index contributed by atoms with van der Waals surface area (Å²) >= 11 is 0. The van der Waals surface area contributed by atoms with Gasteiger partial charge in [-0.25, -0.2) is 5.01 Å². The Morgan fingerprint density at radius 2 is 2.15 bits per heavy atom. The van der Waals surface area contributed by atoms with E-state index in [9.17, 15) is 19.7 Å². The van der Waals surface area contributed by atoms with Crippen LogP contribution in [-0.2, 0) is 9.59 Å². The number of nitrogens with one attached hydrogen (secondary N) is 3. The van der Waals surface area contributed by atoms with E-state index in [4.69, 9.17) is 0 Å². The molecule has 0 aromatic heterocycles. The van der Waals surface area contributed by atoms with Gasteiger partial charge in [0.05, 0.1) is 11.3 Å². The molecule has 2 heterocycles.